The summed E-state index contributed by atoms with van der Waals surface area (Å²) in [5.41, 5.74) is 9.80. The second-order valence-corrected chi connectivity index (χ2v) is 4.52. The number of hydrogen-bond acceptors (Lipinski definition) is 1. The Morgan fingerprint density at radius 2 is 1.35 bits per heavy atom. The Labute approximate surface area is 103 Å². The number of benzene rings is 2. The minimum Gasteiger partial charge on any atom is -0.324 e. The minimum absolute atomic E-state index is 0.123. The van der Waals surface area contributed by atoms with E-state index in [2.05, 4.69) is 54.6 Å². The Kier molecular flexibility index (Phi) is 3.94. The fraction of sp³-hybridized carbons (Fsp3) is 0.250. The van der Waals surface area contributed by atoms with Crippen LogP contribution in [-0.4, -0.2) is 0 Å². The van der Waals surface area contributed by atoms with Crippen LogP contribution in [0.3, 0.4) is 0 Å². The molecule has 1 unspecified atom stereocenters. The van der Waals surface area contributed by atoms with Gasteiger partial charge in [-0.1, -0.05) is 54.6 Å². The minimum atomic E-state index is 0.123. The lowest BCUT2D eigenvalue weighted by atomic mass is 10.0. The Bertz CT molecular complexity index is 443. The SMILES string of the molecule is CC(N)c1ccc(CCc2ccccc2)cc1. The van der Waals surface area contributed by atoms with E-state index >= 15 is 0 Å². The topological polar surface area (TPSA) is 26.0 Å². The quantitative estimate of drug-likeness (QED) is 0.847. The van der Waals surface area contributed by atoms with Crippen molar-refractivity contribution in [3.63, 3.8) is 0 Å². The molecular weight excluding hydrogens is 206 g/mol. The van der Waals surface area contributed by atoms with Gasteiger partial charge in [-0.15, -0.1) is 0 Å². The monoisotopic (exact) mass is 225 g/mol. The van der Waals surface area contributed by atoms with Gasteiger partial charge in [0, 0.05) is 6.04 Å². The van der Waals surface area contributed by atoms with E-state index in [9.17, 15) is 0 Å². The molecule has 0 bridgehead atoms. The molecule has 1 heteroatoms. The van der Waals surface area contributed by atoms with Gasteiger partial charge in [0.2, 0.25) is 0 Å². The molecule has 2 aromatic rings. The van der Waals surface area contributed by atoms with Crippen molar-refractivity contribution in [2.45, 2.75) is 25.8 Å². The summed E-state index contributed by atoms with van der Waals surface area (Å²) >= 11 is 0. The van der Waals surface area contributed by atoms with Crippen LogP contribution < -0.4 is 5.73 Å². The molecule has 0 aliphatic rings. The highest BCUT2D eigenvalue weighted by molar-refractivity contribution is 5.25. The number of nitrogens with two attached hydrogens (primary N) is 1. The highest BCUT2D eigenvalue weighted by Gasteiger charge is 1.99. The van der Waals surface area contributed by atoms with Crippen LogP contribution in [0.5, 0.6) is 0 Å². The second kappa shape index (κ2) is 5.65. The standard InChI is InChI=1S/C16H19N/c1-13(17)16-11-9-15(10-12-16)8-7-14-5-3-2-4-6-14/h2-6,9-13H,7-8,17H2,1H3. The van der Waals surface area contributed by atoms with E-state index in [1.165, 1.54) is 16.7 Å². The maximum atomic E-state index is 5.83. The zero-order chi connectivity index (χ0) is 12.1. The third-order valence-electron chi connectivity index (χ3n) is 3.05. The first kappa shape index (κ1) is 11.9. The van der Waals surface area contributed by atoms with E-state index in [4.69, 9.17) is 5.73 Å². The molecular formula is C16H19N. The maximum absolute atomic E-state index is 5.83. The van der Waals surface area contributed by atoms with Crippen molar-refractivity contribution >= 4 is 0 Å². The Hall–Kier alpha value is -1.60. The lowest BCUT2D eigenvalue weighted by Crippen LogP contribution is -2.04. The lowest BCUT2D eigenvalue weighted by molar-refractivity contribution is 0.816. The molecule has 0 fully saturated rings. The predicted molar refractivity (Wildman–Crippen MR) is 72.9 cm³/mol. The fourth-order valence-electron chi connectivity index (χ4n) is 1.92. The molecule has 2 rings (SSSR count). The van der Waals surface area contributed by atoms with Gasteiger partial charge in [0.25, 0.3) is 0 Å². The predicted octanol–water partition coefficient (Wildman–Crippen LogP) is 3.49. The van der Waals surface area contributed by atoms with Crippen molar-refractivity contribution in [2.24, 2.45) is 5.73 Å². The van der Waals surface area contributed by atoms with E-state index in [1.54, 1.807) is 0 Å². The van der Waals surface area contributed by atoms with Gasteiger partial charge in [0.05, 0.1) is 0 Å². The summed E-state index contributed by atoms with van der Waals surface area (Å²) in [4.78, 5) is 0. The summed E-state index contributed by atoms with van der Waals surface area (Å²) in [6.45, 7) is 2.01. The number of aryl methyl sites for hydroxylation is 2. The molecule has 1 atom stereocenters. The summed E-state index contributed by atoms with van der Waals surface area (Å²) in [6.07, 6.45) is 2.18. The molecule has 0 amide bonds. The van der Waals surface area contributed by atoms with Gasteiger partial charge in [-0.05, 0) is 36.5 Å². The fourth-order valence-corrected chi connectivity index (χ4v) is 1.92. The van der Waals surface area contributed by atoms with Crippen LogP contribution in [0.1, 0.15) is 29.7 Å². The summed E-state index contributed by atoms with van der Waals surface area (Å²) in [5, 5.41) is 0. The molecule has 88 valence electrons. The second-order valence-electron chi connectivity index (χ2n) is 4.52. The van der Waals surface area contributed by atoms with Crippen molar-refractivity contribution < 1.29 is 0 Å². The van der Waals surface area contributed by atoms with Crippen molar-refractivity contribution in [2.75, 3.05) is 0 Å². The van der Waals surface area contributed by atoms with Crippen molar-refractivity contribution in [3.05, 3.63) is 71.3 Å². The number of rotatable bonds is 4. The Morgan fingerprint density at radius 1 is 0.824 bits per heavy atom. The first-order valence-electron chi connectivity index (χ1n) is 6.14. The Balaban J connectivity index is 1.96. The molecule has 0 aliphatic heterocycles. The molecule has 1 nitrogen and oxygen atoms in total. The summed E-state index contributed by atoms with van der Waals surface area (Å²) in [5.74, 6) is 0. The number of hydrogen-bond donors (Lipinski definition) is 1. The largest absolute Gasteiger partial charge is 0.324 e. The van der Waals surface area contributed by atoms with Crippen LogP contribution in [0.2, 0.25) is 0 Å². The molecule has 0 aliphatic carbocycles. The smallest absolute Gasteiger partial charge is 0.0266 e. The molecule has 0 heterocycles. The summed E-state index contributed by atoms with van der Waals surface area (Å²) in [6, 6.07) is 19.3. The van der Waals surface area contributed by atoms with E-state index in [1.807, 2.05) is 6.92 Å². The van der Waals surface area contributed by atoms with Gasteiger partial charge in [-0.3, -0.25) is 0 Å². The average Bonchev–Trinajstić information content (AvgIpc) is 2.38. The van der Waals surface area contributed by atoms with E-state index < -0.39 is 0 Å². The first-order valence-corrected chi connectivity index (χ1v) is 6.14. The van der Waals surface area contributed by atoms with Crippen LogP contribution in [0.15, 0.2) is 54.6 Å². The van der Waals surface area contributed by atoms with Crippen LogP contribution in [0, 0.1) is 0 Å². The van der Waals surface area contributed by atoms with E-state index in [0.717, 1.165) is 12.8 Å². The molecule has 0 aromatic heterocycles. The highest BCUT2D eigenvalue weighted by Crippen LogP contribution is 2.12. The highest BCUT2D eigenvalue weighted by atomic mass is 14.6. The van der Waals surface area contributed by atoms with Crippen molar-refractivity contribution in [1.82, 2.24) is 0 Å². The van der Waals surface area contributed by atoms with Gasteiger partial charge < -0.3 is 5.73 Å². The third kappa shape index (κ3) is 3.43. The van der Waals surface area contributed by atoms with E-state index in [0.29, 0.717) is 0 Å². The van der Waals surface area contributed by atoms with E-state index in [-0.39, 0.29) is 6.04 Å². The third-order valence-corrected chi connectivity index (χ3v) is 3.05. The van der Waals surface area contributed by atoms with Crippen LogP contribution in [-0.2, 0) is 12.8 Å². The van der Waals surface area contributed by atoms with Gasteiger partial charge in [-0.2, -0.15) is 0 Å². The lowest BCUT2D eigenvalue weighted by Gasteiger charge is -2.07. The molecule has 0 radical (unpaired) electrons. The van der Waals surface area contributed by atoms with Crippen LogP contribution in [0.4, 0.5) is 0 Å². The van der Waals surface area contributed by atoms with Crippen molar-refractivity contribution in [1.29, 1.82) is 0 Å². The van der Waals surface area contributed by atoms with Crippen LogP contribution >= 0.6 is 0 Å². The summed E-state index contributed by atoms with van der Waals surface area (Å²) < 4.78 is 0. The van der Waals surface area contributed by atoms with Gasteiger partial charge in [0.15, 0.2) is 0 Å². The molecule has 2 N–H and O–H groups in total. The van der Waals surface area contributed by atoms with Crippen LogP contribution in [0.25, 0.3) is 0 Å². The zero-order valence-electron chi connectivity index (χ0n) is 10.3. The first-order chi connectivity index (χ1) is 8.25. The zero-order valence-corrected chi connectivity index (χ0v) is 10.3. The van der Waals surface area contributed by atoms with Gasteiger partial charge in [0.1, 0.15) is 0 Å². The van der Waals surface area contributed by atoms with Crippen molar-refractivity contribution in [3.8, 4) is 0 Å². The normalized spacial score (nSPS) is 12.4. The van der Waals surface area contributed by atoms with Gasteiger partial charge in [-0.25, -0.2) is 0 Å². The molecule has 2 aromatic carbocycles. The average molecular weight is 225 g/mol. The van der Waals surface area contributed by atoms with Gasteiger partial charge >= 0.3 is 0 Å². The Morgan fingerprint density at radius 3 is 1.88 bits per heavy atom. The molecule has 0 saturated carbocycles. The summed E-state index contributed by atoms with van der Waals surface area (Å²) in [7, 11) is 0. The maximum Gasteiger partial charge on any atom is 0.0266 e. The molecule has 0 saturated heterocycles. The molecule has 0 spiro atoms. The molecule has 17 heavy (non-hydrogen) atoms.